The van der Waals surface area contributed by atoms with Gasteiger partial charge in [0.1, 0.15) is 4.21 Å². The van der Waals surface area contributed by atoms with Crippen molar-refractivity contribution in [1.29, 1.82) is 0 Å². The first-order chi connectivity index (χ1) is 11.4. The number of aryl methyl sites for hydroxylation is 1. The molecule has 0 aliphatic heterocycles. The average Bonchev–Trinajstić information content (AvgIpc) is 3.15. The third kappa shape index (κ3) is 3.55. The van der Waals surface area contributed by atoms with Crippen molar-refractivity contribution >= 4 is 43.0 Å². The highest BCUT2D eigenvalue weighted by molar-refractivity contribution is 9.10. The number of hydrogen-bond acceptors (Lipinski definition) is 4. The summed E-state index contributed by atoms with van der Waals surface area (Å²) in [7, 11) is -3.57. The molecule has 0 atom stereocenters. The lowest BCUT2D eigenvalue weighted by atomic mass is 10.2. The van der Waals surface area contributed by atoms with E-state index in [0.717, 1.165) is 15.7 Å². The van der Waals surface area contributed by atoms with Crippen LogP contribution in [0.25, 0.3) is 0 Å². The van der Waals surface area contributed by atoms with Crippen molar-refractivity contribution in [3.8, 4) is 0 Å². The fourth-order valence-electron chi connectivity index (χ4n) is 2.36. The van der Waals surface area contributed by atoms with Crippen LogP contribution in [0.4, 0.5) is 5.69 Å². The van der Waals surface area contributed by atoms with Crippen LogP contribution in [0, 0.1) is 13.8 Å². The van der Waals surface area contributed by atoms with Gasteiger partial charge < -0.3 is 0 Å². The lowest BCUT2D eigenvalue weighted by Gasteiger charge is -2.08. The van der Waals surface area contributed by atoms with E-state index in [1.807, 2.05) is 35.9 Å². The molecule has 0 bridgehead atoms. The van der Waals surface area contributed by atoms with Crippen molar-refractivity contribution in [1.82, 2.24) is 9.78 Å². The van der Waals surface area contributed by atoms with E-state index in [4.69, 9.17) is 0 Å². The normalized spacial score (nSPS) is 11.6. The van der Waals surface area contributed by atoms with Gasteiger partial charge in [-0.1, -0.05) is 34.1 Å². The molecule has 3 aromatic rings. The summed E-state index contributed by atoms with van der Waals surface area (Å²) in [5.41, 5.74) is 3.08. The molecule has 0 unspecified atom stereocenters. The van der Waals surface area contributed by atoms with Crippen molar-refractivity contribution in [3.05, 3.63) is 63.2 Å². The van der Waals surface area contributed by atoms with Gasteiger partial charge in [0.15, 0.2) is 0 Å². The van der Waals surface area contributed by atoms with Gasteiger partial charge in [-0.15, -0.1) is 11.3 Å². The third-order valence-electron chi connectivity index (χ3n) is 3.62. The number of nitrogens with zero attached hydrogens (tertiary/aromatic N) is 2. The molecule has 3 rings (SSSR count). The van der Waals surface area contributed by atoms with Gasteiger partial charge in [-0.05, 0) is 43.0 Å². The zero-order valence-electron chi connectivity index (χ0n) is 13.2. The van der Waals surface area contributed by atoms with Crippen molar-refractivity contribution < 1.29 is 8.42 Å². The Bertz CT molecular complexity index is 946. The van der Waals surface area contributed by atoms with E-state index in [1.54, 1.807) is 24.4 Å². The summed E-state index contributed by atoms with van der Waals surface area (Å²) < 4.78 is 30.6. The summed E-state index contributed by atoms with van der Waals surface area (Å²) in [5.74, 6) is 0. The SMILES string of the molecule is Cc1nn(Cc2ccc(Br)cc2)c(C)c1NS(=O)(=O)c1cccs1. The smallest absolute Gasteiger partial charge is 0.271 e. The van der Waals surface area contributed by atoms with E-state index in [1.165, 1.54) is 11.3 Å². The predicted octanol–water partition coefficient (Wildman–Crippen LogP) is 4.17. The number of anilines is 1. The van der Waals surface area contributed by atoms with Gasteiger partial charge in [-0.25, -0.2) is 8.42 Å². The number of benzene rings is 1. The van der Waals surface area contributed by atoms with Crippen molar-refractivity contribution in [2.24, 2.45) is 0 Å². The number of nitrogens with one attached hydrogen (secondary N) is 1. The molecule has 0 spiro atoms. The molecule has 8 heteroatoms. The third-order valence-corrected chi connectivity index (χ3v) is 6.90. The number of sulfonamides is 1. The molecule has 1 aromatic carbocycles. The maximum Gasteiger partial charge on any atom is 0.271 e. The highest BCUT2D eigenvalue weighted by atomic mass is 79.9. The fourth-order valence-corrected chi connectivity index (χ4v) is 4.80. The molecule has 24 heavy (non-hydrogen) atoms. The Balaban J connectivity index is 1.88. The largest absolute Gasteiger partial charge is 0.275 e. The van der Waals surface area contributed by atoms with Crippen LogP contribution in [0.15, 0.2) is 50.5 Å². The van der Waals surface area contributed by atoms with Gasteiger partial charge in [0, 0.05) is 4.47 Å². The van der Waals surface area contributed by atoms with E-state index in [0.29, 0.717) is 22.1 Å². The topological polar surface area (TPSA) is 64.0 Å². The van der Waals surface area contributed by atoms with Gasteiger partial charge >= 0.3 is 0 Å². The van der Waals surface area contributed by atoms with Crippen molar-refractivity contribution in [2.45, 2.75) is 24.6 Å². The summed E-state index contributed by atoms with van der Waals surface area (Å²) in [6.45, 7) is 4.25. The molecule has 0 aliphatic carbocycles. The number of thiophene rings is 1. The Morgan fingerprint density at radius 1 is 1.21 bits per heavy atom. The summed E-state index contributed by atoms with van der Waals surface area (Å²) in [4.78, 5) is 0. The summed E-state index contributed by atoms with van der Waals surface area (Å²) in [6.07, 6.45) is 0. The number of rotatable bonds is 5. The standard InChI is InChI=1S/C16H16BrN3O2S2/c1-11-16(19-24(21,22)15-4-3-9-23-15)12(2)20(18-11)10-13-5-7-14(17)8-6-13/h3-9,19H,10H2,1-2H3. The minimum atomic E-state index is -3.57. The minimum absolute atomic E-state index is 0.293. The molecule has 2 heterocycles. The first-order valence-electron chi connectivity index (χ1n) is 7.21. The lowest BCUT2D eigenvalue weighted by molar-refractivity contribution is 0.603. The minimum Gasteiger partial charge on any atom is -0.275 e. The van der Waals surface area contributed by atoms with Gasteiger partial charge in [-0.3, -0.25) is 9.40 Å². The first kappa shape index (κ1) is 17.2. The summed E-state index contributed by atoms with van der Waals surface area (Å²) >= 11 is 4.60. The Labute approximate surface area is 153 Å². The second kappa shape index (κ2) is 6.70. The molecule has 0 radical (unpaired) electrons. The van der Waals surface area contributed by atoms with Crippen LogP contribution >= 0.6 is 27.3 Å². The summed E-state index contributed by atoms with van der Waals surface area (Å²) in [5, 5.41) is 6.22. The van der Waals surface area contributed by atoms with Gasteiger partial charge in [0.05, 0.1) is 23.6 Å². The molecule has 126 valence electrons. The van der Waals surface area contributed by atoms with Crippen LogP contribution < -0.4 is 4.72 Å². The van der Waals surface area contributed by atoms with Gasteiger partial charge in [0.2, 0.25) is 0 Å². The average molecular weight is 426 g/mol. The van der Waals surface area contributed by atoms with E-state index in [2.05, 4.69) is 25.8 Å². The van der Waals surface area contributed by atoms with Crippen LogP contribution in [0.3, 0.4) is 0 Å². The van der Waals surface area contributed by atoms with Crippen LogP contribution in [-0.4, -0.2) is 18.2 Å². The molecular formula is C16H16BrN3O2S2. The lowest BCUT2D eigenvalue weighted by Crippen LogP contribution is -2.13. The number of hydrogen-bond donors (Lipinski definition) is 1. The zero-order chi connectivity index (χ0) is 17.3. The maximum absolute atomic E-state index is 12.4. The first-order valence-corrected chi connectivity index (χ1v) is 10.4. The van der Waals surface area contributed by atoms with Crippen LogP contribution in [0.2, 0.25) is 0 Å². The van der Waals surface area contributed by atoms with Crippen molar-refractivity contribution in [3.63, 3.8) is 0 Å². The summed E-state index contributed by atoms with van der Waals surface area (Å²) in [6, 6.07) is 11.3. The van der Waals surface area contributed by atoms with Crippen LogP contribution in [-0.2, 0) is 16.6 Å². The Morgan fingerprint density at radius 3 is 2.54 bits per heavy atom. The fraction of sp³-hybridized carbons (Fsp3) is 0.188. The van der Waals surface area contributed by atoms with Gasteiger partial charge in [0.25, 0.3) is 10.0 Å². The maximum atomic E-state index is 12.4. The highest BCUT2D eigenvalue weighted by Gasteiger charge is 2.20. The Morgan fingerprint density at radius 2 is 1.92 bits per heavy atom. The molecular weight excluding hydrogens is 410 g/mol. The van der Waals surface area contributed by atoms with Gasteiger partial charge in [-0.2, -0.15) is 5.10 Å². The molecule has 0 fully saturated rings. The molecule has 0 saturated carbocycles. The van der Waals surface area contributed by atoms with E-state index < -0.39 is 10.0 Å². The molecule has 0 saturated heterocycles. The predicted molar refractivity (Wildman–Crippen MR) is 100 cm³/mol. The quantitative estimate of drug-likeness (QED) is 0.666. The number of aromatic nitrogens is 2. The van der Waals surface area contributed by atoms with E-state index in [-0.39, 0.29) is 0 Å². The molecule has 0 amide bonds. The van der Waals surface area contributed by atoms with E-state index >= 15 is 0 Å². The highest BCUT2D eigenvalue weighted by Crippen LogP contribution is 2.26. The number of halogens is 1. The van der Waals surface area contributed by atoms with E-state index in [9.17, 15) is 8.42 Å². The van der Waals surface area contributed by atoms with Crippen LogP contribution in [0.1, 0.15) is 17.0 Å². The molecule has 0 aliphatic rings. The Hall–Kier alpha value is -1.64. The second-order valence-corrected chi connectivity index (χ2v) is 9.14. The van der Waals surface area contributed by atoms with Crippen molar-refractivity contribution in [2.75, 3.05) is 4.72 Å². The Kier molecular flexibility index (Phi) is 4.80. The monoisotopic (exact) mass is 425 g/mol. The second-order valence-electron chi connectivity index (χ2n) is 5.37. The molecule has 5 nitrogen and oxygen atoms in total. The van der Waals surface area contributed by atoms with Crippen LogP contribution in [0.5, 0.6) is 0 Å². The molecule has 1 N–H and O–H groups in total. The molecule has 2 aromatic heterocycles. The zero-order valence-corrected chi connectivity index (χ0v) is 16.4.